The number of ether oxygens (including phenoxy) is 1. The Bertz CT molecular complexity index is 629. The van der Waals surface area contributed by atoms with E-state index in [1.807, 2.05) is 0 Å². The smallest absolute Gasteiger partial charge is 0.377 e. The number of carbonyl (C=O) groups is 1. The average Bonchev–Trinajstić information content (AvgIpc) is 2.77. The fourth-order valence-electron chi connectivity index (χ4n) is 2.62. The highest BCUT2D eigenvalue weighted by atomic mass is 28.4. The molecule has 178 valence electrons. The van der Waals surface area contributed by atoms with Gasteiger partial charge < -0.3 is 18.6 Å². The summed E-state index contributed by atoms with van der Waals surface area (Å²) in [5, 5.41) is 1.25. The van der Waals surface area contributed by atoms with Crippen LogP contribution in [-0.4, -0.2) is 78.5 Å². The lowest BCUT2D eigenvalue weighted by Gasteiger charge is -2.36. The van der Waals surface area contributed by atoms with Crippen molar-refractivity contribution in [3.8, 4) is 0 Å². The largest absolute Gasteiger partial charge is 0.500 e. The molecule has 1 aliphatic rings. The van der Waals surface area contributed by atoms with Gasteiger partial charge in [0.05, 0.1) is 0 Å². The highest BCUT2D eigenvalue weighted by Gasteiger charge is 2.97. The third-order valence-corrected chi connectivity index (χ3v) is 7.26. The summed E-state index contributed by atoms with van der Waals surface area (Å²) in [5.41, 5.74) is -6.55. The van der Waals surface area contributed by atoms with Crippen molar-refractivity contribution < 1.29 is 66.7 Å². The van der Waals surface area contributed by atoms with Crippen molar-refractivity contribution in [1.29, 1.82) is 0 Å². The number of alkyl halides is 10. The van der Waals surface area contributed by atoms with Crippen LogP contribution >= 0.6 is 0 Å². The van der Waals surface area contributed by atoms with Crippen molar-refractivity contribution in [2.75, 3.05) is 27.9 Å². The second-order valence-corrected chi connectivity index (χ2v) is 9.12. The zero-order valence-corrected chi connectivity index (χ0v) is 16.5. The Labute approximate surface area is 164 Å². The van der Waals surface area contributed by atoms with Crippen LogP contribution in [0, 0.1) is 0 Å². The van der Waals surface area contributed by atoms with Gasteiger partial charge in [-0.05, 0) is 6.42 Å². The lowest BCUT2D eigenvalue weighted by molar-refractivity contribution is -0.365. The Morgan fingerprint density at radius 1 is 1.03 bits per heavy atom. The monoisotopic (exact) mass is 485 g/mol. The summed E-state index contributed by atoms with van der Waals surface area (Å²) in [7, 11) is 0.300. The van der Waals surface area contributed by atoms with Crippen molar-refractivity contribution in [3.05, 3.63) is 0 Å². The van der Waals surface area contributed by atoms with Crippen molar-refractivity contribution in [2.24, 2.45) is 0 Å². The molecule has 1 aliphatic heterocycles. The van der Waals surface area contributed by atoms with E-state index in [2.05, 4.69) is 4.74 Å². The normalized spacial score (nSPS) is 28.7. The summed E-state index contributed by atoms with van der Waals surface area (Å²) in [6.45, 7) is -0.796. The molecule has 0 radical (unpaired) electrons. The maximum absolute atomic E-state index is 14.4. The Morgan fingerprint density at radius 2 is 1.50 bits per heavy atom. The van der Waals surface area contributed by atoms with Crippen molar-refractivity contribution in [2.45, 2.75) is 48.4 Å². The number of nitrogens with one attached hydrogen (secondary N) is 1. The predicted octanol–water partition coefficient (Wildman–Crippen LogP) is 2.90. The molecule has 0 aromatic heterocycles. The van der Waals surface area contributed by atoms with E-state index in [1.54, 1.807) is 0 Å². The molecule has 2 atom stereocenters. The summed E-state index contributed by atoms with van der Waals surface area (Å²) in [4.78, 5) is 11.6. The SMILES string of the molecule is CO[Si](CCCNC(=O)C(F)(F)C1(F)OC(F)(F)C(F)(F)C1(F)C(F)F)(OC)OC. The van der Waals surface area contributed by atoms with Crippen LogP contribution < -0.4 is 5.32 Å². The summed E-state index contributed by atoms with van der Waals surface area (Å²) in [6.07, 6.45) is -12.1. The molecular weight excluding hydrogens is 468 g/mol. The van der Waals surface area contributed by atoms with Crippen LogP contribution in [0.2, 0.25) is 6.04 Å². The third kappa shape index (κ3) is 3.67. The van der Waals surface area contributed by atoms with Crippen molar-refractivity contribution >= 4 is 14.7 Å². The third-order valence-electron chi connectivity index (χ3n) is 4.43. The Morgan fingerprint density at radius 3 is 1.90 bits per heavy atom. The van der Waals surface area contributed by atoms with Gasteiger partial charge in [-0.3, -0.25) is 9.53 Å². The first kappa shape index (κ1) is 26.9. The number of hydrogen-bond acceptors (Lipinski definition) is 5. The first-order valence-electron chi connectivity index (χ1n) is 7.89. The fourth-order valence-corrected chi connectivity index (χ4v) is 4.34. The lowest BCUT2D eigenvalue weighted by atomic mass is 9.87. The molecule has 17 heteroatoms. The second kappa shape index (κ2) is 8.40. The van der Waals surface area contributed by atoms with Crippen LogP contribution in [-0.2, 0) is 22.8 Å². The molecule has 0 aromatic rings. The van der Waals surface area contributed by atoms with Crippen LogP contribution in [0.5, 0.6) is 0 Å². The molecule has 1 N–H and O–H groups in total. The average molecular weight is 485 g/mol. The van der Waals surface area contributed by atoms with E-state index in [4.69, 9.17) is 13.3 Å². The van der Waals surface area contributed by atoms with Gasteiger partial charge in [0.1, 0.15) is 0 Å². The van der Waals surface area contributed by atoms with Crippen LogP contribution in [0.3, 0.4) is 0 Å². The second-order valence-electron chi connectivity index (χ2n) is 6.03. The molecule has 0 bridgehead atoms. The summed E-state index contributed by atoms with van der Waals surface area (Å²) in [5.74, 6) is -22.3. The van der Waals surface area contributed by atoms with E-state index >= 15 is 0 Å². The summed E-state index contributed by atoms with van der Waals surface area (Å²) in [6, 6.07) is -0.125. The fraction of sp³-hybridized carbons (Fsp3) is 0.923. The van der Waals surface area contributed by atoms with Gasteiger partial charge in [0.15, 0.2) is 0 Å². The Kier molecular flexibility index (Phi) is 7.52. The summed E-state index contributed by atoms with van der Waals surface area (Å²) >= 11 is 0. The zero-order chi connectivity index (χ0) is 23.8. The van der Waals surface area contributed by atoms with Gasteiger partial charge in [-0.25, -0.2) is 17.6 Å². The van der Waals surface area contributed by atoms with Gasteiger partial charge >= 0.3 is 38.3 Å². The van der Waals surface area contributed by atoms with E-state index in [1.165, 1.54) is 26.6 Å². The van der Waals surface area contributed by atoms with Crippen molar-refractivity contribution in [3.63, 3.8) is 0 Å². The maximum atomic E-state index is 14.4. The maximum Gasteiger partial charge on any atom is 0.500 e. The van der Waals surface area contributed by atoms with Crippen LogP contribution in [0.1, 0.15) is 6.42 Å². The number of rotatable bonds is 10. The number of amides is 1. The lowest BCUT2D eigenvalue weighted by Crippen LogP contribution is -2.69. The molecule has 2 unspecified atom stereocenters. The molecule has 1 saturated heterocycles. The minimum Gasteiger partial charge on any atom is -0.377 e. The molecule has 0 aromatic carbocycles. The minimum atomic E-state index is -6.73. The molecule has 1 rings (SSSR count). The molecule has 30 heavy (non-hydrogen) atoms. The molecule has 0 spiro atoms. The predicted molar refractivity (Wildman–Crippen MR) is 78.8 cm³/mol. The molecule has 1 heterocycles. The van der Waals surface area contributed by atoms with E-state index < -0.39 is 57.2 Å². The molecule has 1 fully saturated rings. The minimum absolute atomic E-state index is 0.125. The van der Waals surface area contributed by atoms with Crippen molar-refractivity contribution in [1.82, 2.24) is 5.32 Å². The van der Waals surface area contributed by atoms with Gasteiger partial charge in [0, 0.05) is 33.9 Å². The van der Waals surface area contributed by atoms with E-state index in [-0.39, 0.29) is 12.5 Å². The molecule has 1 amide bonds. The number of carbonyl (C=O) groups excluding carboxylic acids is 1. The first-order valence-corrected chi connectivity index (χ1v) is 9.83. The Hall–Kier alpha value is -1.17. The van der Waals surface area contributed by atoms with Crippen LogP contribution in [0.25, 0.3) is 0 Å². The van der Waals surface area contributed by atoms with Gasteiger partial charge in [-0.15, -0.1) is 0 Å². The quantitative estimate of drug-likeness (QED) is 0.293. The highest BCUT2D eigenvalue weighted by Crippen LogP contribution is 2.65. The Balaban J connectivity index is 3.07. The molecule has 0 aliphatic carbocycles. The standard InChI is InChI=1S/C13H17F10NO5Si/c1-26-30(27-2,28-3)6-4-5-24-8(25)10(17,18)12(21)9(16,7(14)15)11(19,20)13(22,23)29-12/h7H,4-6H2,1-3H3,(H,24,25). The van der Waals surface area contributed by atoms with Gasteiger partial charge in [-0.1, -0.05) is 0 Å². The van der Waals surface area contributed by atoms with E-state index in [0.717, 1.165) is 0 Å². The molecule has 6 nitrogen and oxygen atoms in total. The van der Waals surface area contributed by atoms with Crippen LogP contribution in [0.15, 0.2) is 0 Å². The number of hydrogen-bond donors (Lipinski definition) is 1. The van der Waals surface area contributed by atoms with Gasteiger partial charge in [0.2, 0.25) is 0 Å². The highest BCUT2D eigenvalue weighted by molar-refractivity contribution is 6.60. The zero-order valence-electron chi connectivity index (χ0n) is 15.5. The van der Waals surface area contributed by atoms with Gasteiger partial charge in [0.25, 0.3) is 12.3 Å². The van der Waals surface area contributed by atoms with E-state index in [9.17, 15) is 48.7 Å². The van der Waals surface area contributed by atoms with Gasteiger partial charge in [-0.2, -0.15) is 26.3 Å². The first-order chi connectivity index (χ1) is 13.5. The topological polar surface area (TPSA) is 66.0 Å². The van der Waals surface area contributed by atoms with Crippen LogP contribution in [0.4, 0.5) is 43.9 Å². The van der Waals surface area contributed by atoms with E-state index in [0.29, 0.717) is 0 Å². The molecular formula is C13H17F10NO5Si. The molecule has 0 saturated carbocycles. The number of halogens is 10. The summed E-state index contributed by atoms with van der Waals surface area (Å²) < 4.78 is 153.